The Morgan fingerprint density at radius 1 is 1.86 bits per heavy atom. The summed E-state index contributed by atoms with van der Waals surface area (Å²) in [4.78, 5) is 3.08. The first-order valence-corrected chi connectivity index (χ1v) is 3.36. The molecule has 2 heteroatoms. The molecule has 0 unspecified atom stereocenters. The van der Waals surface area contributed by atoms with Crippen molar-refractivity contribution in [2.75, 3.05) is 0 Å². The summed E-state index contributed by atoms with van der Waals surface area (Å²) in [5.74, 6) is 0. The Bertz CT molecular complexity index is 147. The maximum atomic E-state index is 3.08. The number of hydrogen-bond acceptors (Lipinski definition) is 0. The van der Waals surface area contributed by atoms with Crippen LogP contribution in [0.15, 0.2) is 12.3 Å². The molecule has 1 nitrogen and oxygen atoms in total. The van der Waals surface area contributed by atoms with Crippen LogP contribution in [-0.2, 0) is 18.6 Å². The molecule has 0 saturated carbocycles. The van der Waals surface area contributed by atoms with Gasteiger partial charge in [0.1, 0.15) is 0 Å². The van der Waals surface area contributed by atoms with E-state index in [1.165, 1.54) is 9.81 Å². The summed E-state index contributed by atoms with van der Waals surface area (Å²) in [7, 11) is 0. The average molecular weight is 272 g/mol. The van der Waals surface area contributed by atoms with E-state index in [9.17, 15) is 0 Å². The quantitative estimate of drug-likeness (QED) is 0.716. The van der Waals surface area contributed by atoms with Crippen LogP contribution in [-0.4, -0.2) is 4.98 Å². The SMILES string of the molecule is Cc1cc[nH][c]1[Os+2].[H-].[H-]. The van der Waals surface area contributed by atoms with Gasteiger partial charge in [0.15, 0.2) is 0 Å². The van der Waals surface area contributed by atoms with E-state index in [-0.39, 0.29) is 2.85 Å². The van der Waals surface area contributed by atoms with Gasteiger partial charge >= 0.3 is 52.6 Å². The molecule has 1 N–H and O–H groups in total. The van der Waals surface area contributed by atoms with Crippen molar-refractivity contribution in [1.82, 2.24) is 4.98 Å². The van der Waals surface area contributed by atoms with Crippen molar-refractivity contribution >= 4 is 4.25 Å². The summed E-state index contributed by atoms with van der Waals surface area (Å²) in [5.41, 5.74) is 1.35. The van der Waals surface area contributed by atoms with Gasteiger partial charge in [0, 0.05) is 0 Å². The standard InChI is InChI=1S/C5H6N.Os.2H/c1-5-2-3-6-4-5;;;/h2-3,6H,1H3;;;/q;+2;2*-1. The Morgan fingerprint density at radius 2 is 2.57 bits per heavy atom. The van der Waals surface area contributed by atoms with Crippen LogP contribution in [0.1, 0.15) is 8.42 Å². The van der Waals surface area contributed by atoms with Crippen molar-refractivity contribution in [3.8, 4) is 0 Å². The predicted molar refractivity (Wildman–Crippen MR) is 27.4 cm³/mol. The fourth-order valence-corrected chi connectivity index (χ4v) is 0.846. The largest absolute Gasteiger partial charge is 1.00 e. The van der Waals surface area contributed by atoms with Crippen molar-refractivity contribution < 1.29 is 21.5 Å². The zero-order valence-corrected chi connectivity index (χ0v) is 6.55. The first kappa shape index (κ1) is 5.06. The summed E-state index contributed by atoms with van der Waals surface area (Å²) in [6.07, 6.45) is 1.96. The Labute approximate surface area is 56.0 Å². The molecule has 0 saturated heterocycles. The molecule has 0 aromatic carbocycles. The van der Waals surface area contributed by atoms with E-state index in [1.807, 2.05) is 24.8 Å². The fourth-order valence-electron chi connectivity index (χ4n) is 0.423. The minimum absolute atomic E-state index is 0. The maximum Gasteiger partial charge on any atom is -1.00 e. The molecule has 0 spiro atoms. The van der Waals surface area contributed by atoms with Crippen LogP contribution in [0, 0.1) is 6.92 Å². The number of aromatic nitrogens is 1. The van der Waals surface area contributed by atoms with Gasteiger partial charge in [-0.15, -0.1) is 0 Å². The van der Waals surface area contributed by atoms with E-state index in [0.29, 0.717) is 0 Å². The molecule has 0 aliphatic carbocycles. The van der Waals surface area contributed by atoms with Crippen molar-refractivity contribution in [2.24, 2.45) is 0 Å². The second-order valence-electron chi connectivity index (χ2n) is 1.46. The smallest absolute Gasteiger partial charge is 1.00 e. The molecule has 0 amide bonds. The summed E-state index contributed by atoms with van der Waals surface area (Å²) in [5, 5.41) is 0. The Balaban J connectivity index is 0. The number of rotatable bonds is 0. The zero-order chi connectivity index (χ0) is 5.28. The van der Waals surface area contributed by atoms with Gasteiger partial charge in [0.25, 0.3) is 0 Å². The third kappa shape index (κ3) is 0.923. The molecule has 0 fully saturated rings. The van der Waals surface area contributed by atoms with Gasteiger partial charge in [-0.3, -0.25) is 0 Å². The molecule has 0 bridgehead atoms. The molecule has 0 aliphatic heterocycles. The molecule has 1 rings (SSSR count). The Hall–Kier alpha value is -0.0836. The van der Waals surface area contributed by atoms with Crippen molar-refractivity contribution in [1.29, 1.82) is 0 Å². The van der Waals surface area contributed by atoms with Gasteiger partial charge in [-0.25, -0.2) is 0 Å². The van der Waals surface area contributed by atoms with Crippen molar-refractivity contribution in [2.45, 2.75) is 6.92 Å². The van der Waals surface area contributed by atoms with Crippen LogP contribution >= 0.6 is 0 Å². The summed E-state index contributed by atoms with van der Waals surface area (Å²) in [6, 6.07) is 2.07. The van der Waals surface area contributed by atoms with E-state index in [0.717, 1.165) is 0 Å². The van der Waals surface area contributed by atoms with Crippen molar-refractivity contribution in [3.63, 3.8) is 0 Å². The second-order valence-corrected chi connectivity index (χ2v) is 2.73. The van der Waals surface area contributed by atoms with Crippen LogP contribution < -0.4 is 4.25 Å². The monoisotopic (exact) mass is 274 g/mol. The van der Waals surface area contributed by atoms with Crippen LogP contribution in [0.4, 0.5) is 0 Å². The molecule has 1 aromatic rings. The Morgan fingerprint density at radius 3 is 2.71 bits per heavy atom. The average Bonchev–Trinajstić information content (AvgIpc) is 1.91. The van der Waals surface area contributed by atoms with Gasteiger partial charge in [0.2, 0.25) is 0 Å². The van der Waals surface area contributed by atoms with Gasteiger partial charge in [-0.1, -0.05) is 0 Å². The predicted octanol–water partition coefficient (Wildman–Crippen LogP) is 0.720. The molecule has 1 heterocycles. The van der Waals surface area contributed by atoms with Crippen molar-refractivity contribution in [3.05, 3.63) is 17.8 Å². The third-order valence-corrected chi connectivity index (χ3v) is 2.24. The maximum absolute atomic E-state index is 3.08. The summed E-state index contributed by atoms with van der Waals surface area (Å²) >= 11 is 1.88. The van der Waals surface area contributed by atoms with Crippen LogP contribution in [0.3, 0.4) is 0 Å². The topological polar surface area (TPSA) is 15.8 Å². The van der Waals surface area contributed by atoms with E-state index >= 15 is 0 Å². The van der Waals surface area contributed by atoms with Gasteiger partial charge in [-0.05, 0) is 0 Å². The molecule has 0 atom stereocenters. The van der Waals surface area contributed by atoms with E-state index in [4.69, 9.17) is 0 Å². The zero-order valence-electron chi connectivity index (χ0n) is 6.01. The molecule has 1 aromatic heterocycles. The molecule has 0 aliphatic rings. The Kier molecular flexibility index (Phi) is 1.30. The third-order valence-electron chi connectivity index (χ3n) is 0.876. The summed E-state index contributed by atoms with van der Waals surface area (Å²) in [6.45, 7) is 2.10. The first-order valence-electron chi connectivity index (χ1n) is 2.09. The number of hydrogen-bond donors (Lipinski definition) is 1. The number of nitrogens with one attached hydrogen (secondary N) is 1. The van der Waals surface area contributed by atoms with E-state index in [1.54, 1.807) is 0 Å². The molecular weight excluding hydrogens is 264 g/mol. The van der Waals surface area contributed by atoms with Gasteiger partial charge < -0.3 is 2.85 Å². The normalized spacial score (nSPS) is 9.29. The van der Waals surface area contributed by atoms with E-state index < -0.39 is 0 Å². The van der Waals surface area contributed by atoms with Gasteiger partial charge in [-0.2, -0.15) is 0 Å². The number of aromatic amines is 1. The minimum atomic E-state index is 0. The van der Waals surface area contributed by atoms with Crippen LogP contribution in [0.25, 0.3) is 0 Å². The molecule has 0 radical (unpaired) electrons. The summed E-state index contributed by atoms with van der Waals surface area (Å²) < 4.78 is 1.29. The molecule has 41 valence electrons. The van der Waals surface area contributed by atoms with Crippen LogP contribution in [0.2, 0.25) is 0 Å². The van der Waals surface area contributed by atoms with Gasteiger partial charge in [0.05, 0.1) is 0 Å². The molecule has 7 heavy (non-hydrogen) atoms. The molecular formula is C5H8NOs. The van der Waals surface area contributed by atoms with E-state index in [2.05, 4.69) is 18.0 Å². The second kappa shape index (κ2) is 1.80. The number of H-pyrrole nitrogens is 1. The fraction of sp³-hybridized carbons (Fsp3) is 0.200. The number of aryl methyl sites for hydroxylation is 1. The first-order chi connectivity index (χ1) is 3.30. The minimum Gasteiger partial charge on any atom is -1.00 e. The van der Waals surface area contributed by atoms with Crippen LogP contribution in [0.5, 0.6) is 0 Å².